The summed E-state index contributed by atoms with van der Waals surface area (Å²) in [6.07, 6.45) is 1.16. The average Bonchev–Trinajstić information content (AvgIpc) is 2.47. The summed E-state index contributed by atoms with van der Waals surface area (Å²) in [6.45, 7) is 1.90. The van der Waals surface area contributed by atoms with Crippen molar-refractivity contribution in [2.75, 3.05) is 19.5 Å². The van der Waals surface area contributed by atoms with Crippen LogP contribution in [0.15, 0.2) is 12.1 Å². The quantitative estimate of drug-likeness (QED) is 0.713. The first kappa shape index (κ1) is 17.9. The van der Waals surface area contributed by atoms with Crippen LogP contribution in [0.3, 0.4) is 0 Å². The van der Waals surface area contributed by atoms with Crippen LogP contribution in [-0.2, 0) is 4.79 Å². The molecule has 7 nitrogen and oxygen atoms in total. The van der Waals surface area contributed by atoms with Crippen LogP contribution in [0.2, 0.25) is 5.02 Å². The highest BCUT2D eigenvalue weighted by molar-refractivity contribution is 6.34. The molecule has 0 radical (unpaired) electrons. The molecular weight excluding hydrogens is 310 g/mol. The molecule has 22 heavy (non-hydrogen) atoms. The molecule has 0 saturated heterocycles. The molecule has 0 aliphatic heterocycles. The molecule has 8 heteroatoms. The summed E-state index contributed by atoms with van der Waals surface area (Å²) in [7, 11) is 2.96. The third-order valence-electron chi connectivity index (χ3n) is 2.94. The number of urea groups is 1. The van der Waals surface area contributed by atoms with Crippen molar-refractivity contribution in [3.05, 3.63) is 17.2 Å². The zero-order valence-corrected chi connectivity index (χ0v) is 13.5. The van der Waals surface area contributed by atoms with Crippen molar-refractivity contribution < 1.29 is 19.1 Å². The highest BCUT2D eigenvalue weighted by Crippen LogP contribution is 2.36. The Balaban J connectivity index is 2.96. The summed E-state index contributed by atoms with van der Waals surface area (Å²) in [5.41, 5.74) is 5.43. The molecule has 0 bridgehead atoms. The molecule has 0 saturated carbocycles. The Morgan fingerprint density at radius 1 is 1.27 bits per heavy atom. The first-order valence-electron chi connectivity index (χ1n) is 6.71. The second-order valence-electron chi connectivity index (χ2n) is 4.53. The number of hydrogen-bond acceptors (Lipinski definition) is 4. The fraction of sp³-hybridized carbons (Fsp3) is 0.429. The monoisotopic (exact) mass is 329 g/mol. The van der Waals surface area contributed by atoms with Gasteiger partial charge in [0.15, 0.2) is 11.5 Å². The zero-order chi connectivity index (χ0) is 16.7. The Labute approximate surface area is 134 Å². The molecule has 4 N–H and O–H groups in total. The van der Waals surface area contributed by atoms with Crippen molar-refractivity contribution >= 4 is 29.2 Å². The smallest absolute Gasteiger partial charge is 0.312 e. The van der Waals surface area contributed by atoms with Gasteiger partial charge in [-0.1, -0.05) is 24.9 Å². The second-order valence-corrected chi connectivity index (χ2v) is 4.93. The van der Waals surface area contributed by atoms with Crippen molar-refractivity contribution in [1.29, 1.82) is 0 Å². The van der Waals surface area contributed by atoms with E-state index in [-0.39, 0.29) is 0 Å². The van der Waals surface area contributed by atoms with Gasteiger partial charge in [0, 0.05) is 12.1 Å². The highest BCUT2D eigenvalue weighted by atomic mass is 35.5. The predicted octanol–water partition coefficient (Wildman–Crippen LogP) is 2.13. The standard InChI is InChI=1S/C14H20ClN3O4/c1-4-5-9(18-14(16)20)13(19)17-10-7-12(22-3)11(21-2)6-8(10)15/h6-7,9H,4-5H2,1-3H3,(H,17,19)(H3,16,18,20). The Bertz CT molecular complexity index is 551. The normalized spacial score (nSPS) is 11.5. The Morgan fingerprint density at radius 3 is 2.36 bits per heavy atom. The molecule has 3 amide bonds. The molecule has 0 aliphatic rings. The van der Waals surface area contributed by atoms with Gasteiger partial charge in [0.25, 0.3) is 0 Å². The maximum atomic E-state index is 12.2. The Morgan fingerprint density at radius 2 is 1.86 bits per heavy atom. The van der Waals surface area contributed by atoms with E-state index in [1.165, 1.54) is 20.3 Å². The van der Waals surface area contributed by atoms with E-state index in [4.69, 9.17) is 26.8 Å². The van der Waals surface area contributed by atoms with Gasteiger partial charge in [-0.2, -0.15) is 0 Å². The van der Waals surface area contributed by atoms with Gasteiger partial charge in [0.1, 0.15) is 6.04 Å². The molecule has 1 unspecified atom stereocenters. The van der Waals surface area contributed by atoms with E-state index in [1.807, 2.05) is 6.92 Å². The van der Waals surface area contributed by atoms with Crippen LogP contribution < -0.4 is 25.8 Å². The molecule has 1 atom stereocenters. The van der Waals surface area contributed by atoms with Crippen molar-refractivity contribution in [2.24, 2.45) is 5.73 Å². The number of benzene rings is 1. The number of methoxy groups -OCH3 is 2. The molecule has 1 rings (SSSR count). The minimum Gasteiger partial charge on any atom is -0.493 e. The van der Waals surface area contributed by atoms with Gasteiger partial charge < -0.3 is 25.8 Å². The van der Waals surface area contributed by atoms with Gasteiger partial charge >= 0.3 is 6.03 Å². The minimum absolute atomic E-state index is 0.292. The lowest BCUT2D eigenvalue weighted by Gasteiger charge is -2.18. The Kier molecular flexibility index (Phi) is 6.78. The minimum atomic E-state index is -0.757. The van der Waals surface area contributed by atoms with Gasteiger partial charge in [-0.05, 0) is 6.42 Å². The molecule has 0 fully saturated rings. The van der Waals surface area contributed by atoms with Gasteiger partial charge in [0.05, 0.1) is 24.9 Å². The van der Waals surface area contributed by atoms with Crippen LogP contribution in [0, 0.1) is 0 Å². The van der Waals surface area contributed by atoms with Gasteiger partial charge in [-0.15, -0.1) is 0 Å². The number of nitrogens with two attached hydrogens (primary N) is 1. The lowest BCUT2D eigenvalue weighted by Crippen LogP contribution is -2.46. The maximum absolute atomic E-state index is 12.2. The lowest BCUT2D eigenvalue weighted by molar-refractivity contribution is -0.118. The number of carbonyl (C=O) groups is 2. The van der Waals surface area contributed by atoms with Crippen molar-refractivity contribution in [2.45, 2.75) is 25.8 Å². The number of anilines is 1. The van der Waals surface area contributed by atoms with Crippen molar-refractivity contribution in [3.8, 4) is 11.5 Å². The van der Waals surface area contributed by atoms with E-state index in [0.29, 0.717) is 35.1 Å². The predicted molar refractivity (Wildman–Crippen MR) is 84.6 cm³/mol. The number of nitrogens with one attached hydrogen (secondary N) is 2. The van der Waals surface area contributed by atoms with Crippen LogP contribution in [0.4, 0.5) is 10.5 Å². The summed E-state index contributed by atoms with van der Waals surface area (Å²) >= 11 is 6.11. The van der Waals surface area contributed by atoms with Crippen LogP contribution >= 0.6 is 11.6 Å². The maximum Gasteiger partial charge on any atom is 0.312 e. The lowest BCUT2D eigenvalue weighted by atomic mass is 10.1. The van der Waals surface area contributed by atoms with Crippen LogP contribution in [0.25, 0.3) is 0 Å². The van der Waals surface area contributed by atoms with Gasteiger partial charge in [0.2, 0.25) is 5.91 Å². The number of amides is 3. The number of ether oxygens (including phenoxy) is 2. The number of hydrogen-bond donors (Lipinski definition) is 3. The Hall–Kier alpha value is -2.15. The summed E-state index contributed by atoms with van der Waals surface area (Å²) < 4.78 is 10.3. The third-order valence-corrected chi connectivity index (χ3v) is 3.25. The first-order chi connectivity index (χ1) is 10.4. The second kappa shape index (κ2) is 8.33. The fourth-order valence-corrected chi connectivity index (χ4v) is 2.10. The van der Waals surface area contributed by atoms with Gasteiger partial charge in [-0.3, -0.25) is 4.79 Å². The SMILES string of the molecule is CCCC(NC(N)=O)C(=O)Nc1cc(OC)c(OC)cc1Cl. The summed E-state index contributed by atoms with van der Waals surface area (Å²) in [6, 6.07) is 1.59. The summed E-state index contributed by atoms with van der Waals surface area (Å²) in [5, 5.41) is 5.34. The molecule has 0 aromatic heterocycles. The van der Waals surface area contributed by atoms with Crippen LogP contribution in [0.5, 0.6) is 11.5 Å². The number of halogens is 1. The number of rotatable bonds is 7. The van der Waals surface area contributed by atoms with Crippen LogP contribution in [0.1, 0.15) is 19.8 Å². The topological polar surface area (TPSA) is 103 Å². The third kappa shape index (κ3) is 4.70. The molecule has 122 valence electrons. The average molecular weight is 330 g/mol. The first-order valence-corrected chi connectivity index (χ1v) is 7.09. The molecule has 1 aromatic rings. The molecular formula is C14H20ClN3O4. The van der Waals surface area contributed by atoms with Crippen molar-refractivity contribution in [1.82, 2.24) is 5.32 Å². The largest absolute Gasteiger partial charge is 0.493 e. The molecule has 0 aliphatic carbocycles. The van der Waals surface area contributed by atoms with E-state index in [2.05, 4.69) is 10.6 Å². The molecule has 1 aromatic carbocycles. The van der Waals surface area contributed by atoms with Crippen molar-refractivity contribution in [3.63, 3.8) is 0 Å². The molecule has 0 spiro atoms. The number of carbonyl (C=O) groups excluding carboxylic acids is 2. The fourth-order valence-electron chi connectivity index (χ4n) is 1.90. The van der Waals surface area contributed by atoms with E-state index < -0.39 is 18.0 Å². The van der Waals surface area contributed by atoms with E-state index in [9.17, 15) is 9.59 Å². The summed E-state index contributed by atoms with van der Waals surface area (Å²) in [5.74, 6) is 0.470. The zero-order valence-electron chi connectivity index (χ0n) is 12.7. The van der Waals surface area contributed by atoms with E-state index >= 15 is 0 Å². The highest BCUT2D eigenvalue weighted by Gasteiger charge is 2.20. The van der Waals surface area contributed by atoms with E-state index in [0.717, 1.165) is 0 Å². The summed E-state index contributed by atoms with van der Waals surface area (Å²) in [4.78, 5) is 23.2. The van der Waals surface area contributed by atoms with Crippen LogP contribution in [-0.4, -0.2) is 32.2 Å². The van der Waals surface area contributed by atoms with E-state index in [1.54, 1.807) is 6.07 Å². The van der Waals surface area contributed by atoms with Gasteiger partial charge in [-0.25, -0.2) is 4.79 Å². The molecule has 0 heterocycles. The number of primary amides is 1.